The second-order valence-corrected chi connectivity index (χ2v) is 6.97. The fraction of sp³-hybridized carbons (Fsp3) is 0.250. The van der Waals surface area contributed by atoms with E-state index in [4.69, 9.17) is 32.7 Å². The predicted molar refractivity (Wildman–Crippen MR) is 108 cm³/mol. The quantitative estimate of drug-likeness (QED) is 0.405. The maximum atomic E-state index is 12.4. The molecule has 0 saturated carbocycles. The fourth-order valence-corrected chi connectivity index (χ4v) is 2.88. The third-order valence-electron chi connectivity index (χ3n) is 3.86. The van der Waals surface area contributed by atoms with Crippen molar-refractivity contribution in [3.8, 4) is 11.6 Å². The lowest BCUT2D eigenvalue weighted by molar-refractivity contribution is 0.0479. The van der Waals surface area contributed by atoms with E-state index in [1.54, 1.807) is 41.1 Å². The van der Waals surface area contributed by atoms with E-state index in [0.717, 1.165) is 11.4 Å². The molecule has 1 aromatic carbocycles. The molecule has 6 nitrogen and oxygen atoms in total. The average molecular weight is 420 g/mol. The SMILES string of the molecule is Cc1cc(C)n(-c2ccc(Cl)c(C(=O)OCCCOc3ccc(Cl)cc3)n2)n1. The average Bonchev–Trinajstić information content (AvgIpc) is 3.01. The summed E-state index contributed by atoms with van der Waals surface area (Å²) >= 11 is 12.0. The van der Waals surface area contributed by atoms with Crippen molar-refractivity contribution in [1.82, 2.24) is 14.8 Å². The van der Waals surface area contributed by atoms with Crippen LogP contribution < -0.4 is 4.74 Å². The first kappa shape index (κ1) is 20.2. The molecule has 0 N–H and O–H groups in total. The van der Waals surface area contributed by atoms with Gasteiger partial charge in [-0.1, -0.05) is 23.2 Å². The molecule has 0 saturated heterocycles. The van der Waals surface area contributed by atoms with Crippen molar-refractivity contribution in [2.75, 3.05) is 13.2 Å². The first-order valence-corrected chi connectivity index (χ1v) is 9.45. The summed E-state index contributed by atoms with van der Waals surface area (Å²) in [5, 5.41) is 5.24. The maximum absolute atomic E-state index is 12.4. The van der Waals surface area contributed by atoms with Gasteiger partial charge in [0, 0.05) is 17.1 Å². The summed E-state index contributed by atoms with van der Waals surface area (Å²) < 4.78 is 12.5. The molecule has 0 amide bonds. The van der Waals surface area contributed by atoms with Crippen LogP contribution in [0, 0.1) is 13.8 Å². The zero-order valence-corrected chi connectivity index (χ0v) is 17.0. The number of aromatic nitrogens is 3. The molecular formula is C20H19Cl2N3O3. The largest absolute Gasteiger partial charge is 0.493 e. The van der Waals surface area contributed by atoms with Crippen molar-refractivity contribution in [3.63, 3.8) is 0 Å². The van der Waals surface area contributed by atoms with E-state index in [-0.39, 0.29) is 17.3 Å². The number of ether oxygens (including phenoxy) is 2. The Morgan fingerprint density at radius 3 is 2.50 bits per heavy atom. The highest BCUT2D eigenvalue weighted by molar-refractivity contribution is 6.33. The van der Waals surface area contributed by atoms with Gasteiger partial charge in [0.05, 0.1) is 23.9 Å². The van der Waals surface area contributed by atoms with E-state index in [1.165, 1.54) is 0 Å². The minimum atomic E-state index is -0.583. The molecule has 0 spiro atoms. The van der Waals surface area contributed by atoms with Crippen LogP contribution in [0.1, 0.15) is 28.3 Å². The topological polar surface area (TPSA) is 66.2 Å². The summed E-state index contributed by atoms with van der Waals surface area (Å²) in [6.07, 6.45) is 0.531. The lowest BCUT2D eigenvalue weighted by Gasteiger charge is -2.09. The Balaban J connectivity index is 1.56. The molecule has 0 aliphatic heterocycles. The molecule has 0 unspecified atom stereocenters. The van der Waals surface area contributed by atoms with Gasteiger partial charge in [-0.05, 0) is 56.3 Å². The Kier molecular flexibility index (Phi) is 6.54. The zero-order valence-electron chi connectivity index (χ0n) is 15.5. The van der Waals surface area contributed by atoms with Crippen molar-refractivity contribution in [1.29, 1.82) is 0 Å². The van der Waals surface area contributed by atoms with E-state index < -0.39 is 5.97 Å². The Hall–Kier alpha value is -2.57. The van der Waals surface area contributed by atoms with Crippen molar-refractivity contribution in [2.45, 2.75) is 20.3 Å². The predicted octanol–water partition coefficient (Wildman–Crippen LogP) is 4.82. The van der Waals surface area contributed by atoms with Crippen LogP contribution in [0.2, 0.25) is 10.0 Å². The number of carbonyl (C=O) groups is 1. The molecule has 0 fully saturated rings. The third-order valence-corrected chi connectivity index (χ3v) is 4.41. The number of esters is 1. The second-order valence-electron chi connectivity index (χ2n) is 6.13. The van der Waals surface area contributed by atoms with Crippen LogP contribution in [0.5, 0.6) is 5.75 Å². The van der Waals surface area contributed by atoms with E-state index >= 15 is 0 Å². The van der Waals surface area contributed by atoms with Gasteiger partial charge in [-0.2, -0.15) is 5.10 Å². The van der Waals surface area contributed by atoms with E-state index in [1.807, 2.05) is 19.9 Å². The van der Waals surface area contributed by atoms with Crippen LogP contribution in [0.4, 0.5) is 0 Å². The normalized spacial score (nSPS) is 10.7. The smallest absolute Gasteiger partial charge is 0.358 e. The monoisotopic (exact) mass is 419 g/mol. The number of hydrogen-bond acceptors (Lipinski definition) is 5. The Morgan fingerprint density at radius 1 is 1.07 bits per heavy atom. The van der Waals surface area contributed by atoms with Crippen LogP contribution in [-0.2, 0) is 4.74 Å². The summed E-state index contributed by atoms with van der Waals surface area (Å²) in [6.45, 7) is 4.39. The lowest BCUT2D eigenvalue weighted by atomic mass is 10.3. The highest BCUT2D eigenvalue weighted by Gasteiger charge is 2.16. The van der Waals surface area contributed by atoms with E-state index in [0.29, 0.717) is 29.6 Å². The first-order valence-electron chi connectivity index (χ1n) is 8.70. The van der Waals surface area contributed by atoms with Gasteiger partial charge in [0.1, 0.15) is 5.75 Å². The summed E-state index contributed by atoms with van der Waals surface area (Å²) in [6, 6.07) is 12.3. The van der Waals surface area contributed by atoms with Crippen molar-refractivity contribution >= 4 is 29.2 Å². The minimum absolute atomic E-state index is 0.0605. The molecule has 146 valence electrons. The van der Waals surface area contributed by atoms with Gasteiger partial charge in [-0.15, -0.1) is 0 Å². The van der Waals surface area contributed by atoms with Crippen molar-refractivity contribution in [3.05, 3.63) is 69.6 Å². The summed E-state index contributed by atoms with van der Waals surface area (Å²) in [5.74, 6) is 0.630. The Morgan fingerprint density at radius 2 is 1.82 bits per heavy atom. The number of halogens is 2. The number of hydrogen-bond donors (Lipinski definition) is 0. The molecule has 0 aliphatic rings. The second kappa shape index (κ2) is 9.08. The molecule has 0 radical (unpaired) electrons. The lowest BCUT2D eigenvalue weighted by Crippen LogP contribution is -2.13. The van der Waals surface area contributed by atoms with Crippen LogP contribution >= 0.6 is 23.2 Å². The number of aryl methyl sites for hydroxylation is 2. The van der Waals surface area contributed by atoms with Crippen LogP contribution in [-0.4, -0.2) is 33.9 Å². The van der Waals surface area contributed by atoms with Gasteiger partial charge in [-0.25, -0.2) is 14.5 Å². The van der Waals surface area contributed by atoms with Crippen molar-refractivity contribution in [2.24, 2.45) is 0 Å². The summed E-state index contributed by atoms with van der Waals surface area (Å²) in [4.78, 5) is 16.7. The van der Waals surface area contributed by atoms with Crippen molar-refractivity contribution < 1.29 is 14.3 Å². The minimum Gasteiger partial charge on any atom is -0.493 e. The highest BCUT2D eigenvalue weighted by atomic mass is 35.5. The molecule has 8 heteroatoms. The van der Waals surface area contributed by atoms with Crippen LogP contribution in [0.25, 0.3) is 5.82 Å². The molecule has 3 aromatic rings. The highest BCUT2D eigenvalue weighted by Crippen LogP contribution is 2.19. The Bertz CT molecular complexity index is 971. The number of pyridine rings is 1. The van der Waals surface area contributed by atoms with Gasteiger partial charge in [0.15, 0.2) is 11.5 Å². The van der Waals surface area contributed by atoms with Crippen LogP contribution in [0.15, 0.2) is 42.5 Å². The van der Waals surface area contributed by atoms with Gasteiger partial charge >= 0.3 is 5.97 Å². The summed E-state index contributed by atoms with van der Waals surface area (Å²) in [5.41, 5.74) is 1.83. The van der Waals surface area contributed by atoms with Gasteiger partial charge in [-0.3, -0.25) is 0 Å². The molecule has 3 rings (SSSR count). The van der Waals surface area contributed by atoms with Gasteiger partial charge in [0.2, 0.25) is 0 Å². The standard InChI is InChI=1S/C20H19Cl2N3O3/c1-13-12-14(2)25(24-13)18-9-8-17(22)19(23-18)20(26)28-11-3-10-27-16-6-4-15(21)5-7-16/h4-9,12H,3,10-11H2,1-2H3. The summed E-state index contributed by atoms with van der Waals surface area (Å²) in [7, 11) is 0. The molecular weight excluding hydrogens is 401 g/mol. The van der Waals surface area contributed by atoms with E-state index in [9.17, 15) is 4.79 Å². The Labute approximate surface area is 173 Å². The number of carbonyl (C=O) groups excluding carboxylic acids is 1. The van der Waals surface area contributed by atoms with Gasteiger partial charge < -0.3 is 9.47 Å². The third kappa shape index (κ3) is 5.03. The molecule has 0 atom stereocenters. The van der Waals surface area contributed by atoms with Gasteiger partial charge in [0.25, 0.3) is 0 Å². The van der Waals surface area contributed by atoms with Crippen LogP contribution in [0.3, 0.4) is 0 Å². The molecule has 2 aromatic heterocycles. The zero-order chi connectivity index (χ0) is 20.1. The number of rotatable bonds is 7. The molecule has 0 bridgehead atoms. The molecule has 0 aliphatic carbocycles. The fourth-order valence-electron chi connectivity index (χ4n) is 2.57. The van der Waals surface area contributed by atoms with E-state index in [2.05, 4.69) is 10.1 Å². The number of nitrogens with zero attached hydrogens (tertiary/aromatic N) is 3. The molecule has 2 heterocycles. The maximum Gasteiger partial charge on any atom is 0.358 e. The first-order chi connectivity index (χ1) is 13.4. The molecule has 28 heavy (non-hydrogen) atoms. The number of benzene rings is 1.